The van der Waals surface area contributed by atoms with Crippen molar-refractivity contribution in [1.29, 1.82) is 0 Å². The van der Waals surface area contributed by atoms with Gasteiger partial charge >= 0.3 is 0 Å². The van der Waals surface area contributed by atoms with Gasteiger partial charge in [-0.25, -0.2) is 0 Å². The fraction of sp³-hybridized carbons (Fsp3) is 0.250. The van der Waals surface area contributed by atoms with Crippen LogP contribution in [0.2, 0.25) is 0 Å². The molecule has 6 heteroatoms. The molecule has 14 heavy (non-hydrogen) atoms. The molecule has 0 aromatic carbocycles. The van der Waals surface area contributed by atoms with Gasteiger partial charge < -0.3 is 20.7 Å². The molecule has 1 rings (SSSR count). The standard InChI is InChI=1S/C8H11N3O3/c1-5-2-3-14-7(5)8(12)10-4-6(9)11-13/h2-3,13H,4H2,1H3,(H2,9,11)(H,10,12). The van der Waals surface area contributed by atoms with E-state index in [4.69, 9.17) is 15.4 Å². The van der Waals surface area contributed by atoms with E-state index in [9.17, 15) is 4.79 Å². The molecule has 0 aliphatic rings. The molecule has 1 heterocycles. The molecule has 0 aliphatic heterocycles. The van der Waals surface area contributed by atoms with Crippen LogP contribution in [0.4, 0.5) is 0 Å². The molecule has 1 aromatic rings. The molecule has 0 saturated carbocycles. The molecule has 0 unspecified atom stereocenters. The molecule has 0 radical (unpaired) electrons. The van der Waals surface area contributed by atoms with Gasteiger partial charge in [-0.1, -0.05) is 5.16 Å². The molecule has 1 amide bonds. The van der Waals surface area contributed by atoms with Crippen LogP contribution in [0.5, 0.6) is 0 Å². The zero-order chi connectivity index (χ0) is 10.6. The van der Waals surface area contributed by atoms with Crippen LogP contribution in [0.15, 0.2) is 21.9 Å². The number of aryl methyl sites for hydroxylation is 1. The first-order chi connectivity index (χ1) is 6.65. The van der Waals surface area contributed by atoms with Crippen LogP contribution >= 0.6 is 0 Å². The van der Waals surface area contributed by atoms with E-state index in [0.717, 1.165) is 5.56 Å². The lowest BCUT2D eigenvalue weighted by Crippen LogP contribution is -2.33. The summed E-state index contributed by atoms with van der Waals surface area (Å²) >= 11 is 0. The molecule has 0 saturated heterocycles. The highest BCUT2D eigenvalue weighted by molar-refractivity contribution is 5.95. The van der Waals surface area contributed by atoms with Crippen LogP contribution in [-0.4, -0.2) is 23.5 Å². The van der Waals surface area contributed by atoms with E-state index >= 15 is 0 Å². The van der Waals surface area contributed by atoms with Crippen LogP contribution in [0, 0.1) is 6.92 Å². The lowest BCUT2D eigenvalue weighted by atomic mass is 10.3. The Morgan fingerprint density at radius 1 is 1.79 bits per heavy atom. The van der Waals surface area contributed by atoms with E-state index in [-0.39, 0.29) is 24.0 Å². The Kier molecular flexibility index (Phi) is 3.11. The predicted octanol–water partition coefficient (Wildman–Crippen LogP) is 0.0642. The number of nitrogens with two attached hydrogens (primary N) is 1. The number of rotatable bonds is 3. The summed E-state index contributed by atoms with van der Waals surface area (Å²) in [5.41, 5.74) is 5.91. The Bertz CT molecular complexity index is 356. The van der Waals surface area contributed by atoms with Crippen molar-refractivity contribution in [3.63, 3.8) is 0 Å². The summed E-state index contributed by atoms with van der Waals surface area (Å²) < 4.78 is 4.94. The molecule has 0 fully saturated rings. The number of amidine groups is 1. The SMILES string of the molecule is Cc1ccoc1C(=O)NC/C(N)=N/O. The lowest BCUT2D eigenvalue weighted by molar-refractivity contribution is 0.0930. The third kappa shape index (κ3) is 2.25. The van der Waals surface area contributed by atoms with Crippen molar-refractivity contribution in [2.75, 3.05) is 6.54 Å². The van der Waals surface area contributed by atoms with Gasteiger partial charge in [0.05, 0.1) is 12.8 Å². The first kappa shape index (κ1) is 10.1. The molecule has 6 nitrogen and oxygen atoms in total. The smallest absolute Gasteiger partial charge is 0.287 e. The fourth-order valence-corrected chi connectivity index (χ4v) is 0.892. The van der Waals surface area contributed by atoms with Crippen molar-refractivity contribution in [3.8, 4) is 0 Å². The first-order valence-electron chi connectivity index (χ1n) is 3.94. The molecule has 4 N–H and O–H groups in total. The van der Waals surface area contributed by atoms with E-state index in [0.29, 0.717) is 0 Å². The molecule has 0 atom stereocenters. The number of carbonyl (C=O) groups excluding carboxylic acids is 1. The number of oxime groups is 1. The molecule has 1 aromatic heterocycles. The Balaban J connectivity index is 2.56. The van der Waals surface area contributed by atoms with Gasteiger partial charge in [-0.2, -0.15) is 0 Å². The topological polar surface area (TPSA) is 101 Å². The summed E-state index contributed by atoms with van der Waals surface area (Å²) in [5.74, 6) is -0.225. The molecule has 0 bridgehead atoms. The van der Waals surface area contributed by atoms with E-state index in [1.54, 1.807) is 13.0 Å². The minimum absolute atomic E-state index is 0.0184. The summed E-state index contributed by atoms with van der Waals surface area (Å²) in [6, 6.07) is 1.68. The Hall–Kier alpha value is -1.98. The number of amides is 1. The number of carbonyl (C=O) groups is 1. The largest absolute Gasteiger partial charge is 0.459 e. The summed E-state index contributed by atoms with van der Waals surface area (Å²) in [7, 11) is 0. The summed E-state index contributed by atoms with van der Waals surface area (Å²) in [5, 5.41) is 13.4. The number of hydrogen-bond donors (Lipinski definition) is 3. The molecule has 0 spiro atoms. The minimum atomic E-state index is -0.390. The highest BCUT2D eigenvalue weighted by Gasteiger charge is 2.11. The highest BCUT2D eigenvalue weighted by atomic mass is 16.4. The zero-order valence-corrected chi connectivity index (χ0v) is 7.65. The highest BCUT2D eigenvalue weighted by Crippen LogP contribution is 2.07. The van der Waals surface area contributed by atoms with Crippen LogP contribution in [0.3, 0.4) is 0 Å². The molecule has 76 valence electrons. The Labute approximate surface area is 80.4 Å². The second-order valence-electron chi connectivity index (χ2n) is 2.71. The van der Waals surface area contributed by atoms with Crippen molar-refractivity contribution >= 4 is 11.7 Å². The number of hydrogen-bond acceptors (Lipinski definition) is 4. The number of nitrogens with zero attached hydrogens (tertiary/aromatic N) is 1. The van der Waals surface area contributed by atoms with Gasteiger partial charge in [0.2, 0.25) is 0 Å². The summed E-state index contributed by atoms with van der Waals surface area (Å²) in [6.07, 6.45) is 1.42. The van der Waals surface area contributed by atoms with E-state index in [1.807, 2.05) is 0 Å². The van der Waals surface area contributed by atoms with Gasteiger partial charge in [0.1, 0.15) is 0 Å². The van der Waals surface area contributed by atoms with Gasteiger partial charge in [0.25, 0.3) is 5.91 Å². The van der Waals surface area contributed by atoms with Crippen LogP contribution in [-0.2, 0) is 0 Å². The third-order valence-electron chi connectivity index (χ3n) is 1.63. The average molecular weight is 197 g/mol. The Morgan fingerprint density at radius 2 is 2.50 bits per heavy atom. The fourth-order valence-electron chi connectivity index (χ4n) is 0.892. The van der Waals surface area contributed by atoms with Crippen molar-refractivity contribution in [2.45, 2.75) is 6.92 Å². The average Bonchev–Trinajstić information content (AvgIpc) is 2.60. The second-order valence-corrected chi connectivity index (χ2v) is 2.71. The quantitative estimate of drug-likeness (QED) is 0.276. The maximum absolute atomic E-state index is 11.3. The van der Waals surface area contributed by atoms with Crippen molar-refractivity contribution in [1.82, 2.24) is 5.32 Å². The maximum atomic E-state index is 11.3. The van der Waals surface area contributed by atoms with Crippen molar-refractivity contribution in [2.24, 2.45) is 10.9 Å². The third-order valence-corrected chi connectivity index (χ3v) is 1.63. The van der Waals surface area contributed by atoms with Crippen molar-refractivity contribution < 1.29 is 14.4 Å². The zero-order valence-electron chi connectivity index (χ0n) is 7.65. The van der Waals surface area contributed by atoms with Gasteiger partial charge in [-0.3, -0.25) is 4.79 Å². The van der Waals surface area contributed by atoms with E-state index in [2.05, 4.69) is 10.5 Å². The van der Waals surface area contributed by atoms with Gasteiger partial charge in [0, 0.05) is 5.56 Å². The van der Waals surface area contributed by atoms with Gasteiger partial charge in [0.15, 0.2) is 11.6 Å². The normalized spacial score (nSPS) is 11.4. The van der Waals surface area contributed by atoms with Crippen molar-refractivity contribution in [3.05, 3.63) is 23.7 Å². The second kappa shape index (κ2) is 4.31. The summed E-state index contributed by atoms with van der Waals surface area (Å²) in [4.78, 5) is 11.3. The Morgan fingerprint density at radius 3 is 3.00 bits per heavy atom. The predicted molar refractivity (Wildman–Crippen MR) is 49.2 cm³/mol. The van der Waals surface area contributed by atoms with Gasteiger partial charge in [-0.15, -0.1) is 0 Å². The first-order valence-corrected chi connectivity index (χ1v) is 3.94. The van der Waals surface area contributed by atoms with E-state index < -0.39 is 0 Å². The van der Waals surface area contributed by atoms with Crippen LogP contribution in [0.1, 0.15) is 16.1 Å². The van der Waals surface area contributed by atoms with Crippen LogP contribution in [0.25, 0.3) is 0 Å². The minimum Gasteiger partial charge on any atom is -0.459 e. The molecule has 0 aliphatic carbocycles. The van der Waals surface area contributed by atoms with Crippen LogP contribution < -0.4 is 11.1 Å². The van der Waals surface area contributed by atoms with E-state index in [1.165, 1.54) is 6.26 Å². The number of nitrogens with one attached hydrogen (secondary N) is 1. The molecular weight excluding hydrogens is 186 g/mol. The lowest BCUT2D eigenvalue weighted by Gasteiger charge is -2.01. The van der Waals surface area contributed by atoms with Gasteiger partial charge in [-0.05, 0) is 13.0 Å². The maximum Gasteiger partial charge on any atom is 0.287 e. The summed E-state index contributed by atoms with van der Waals surface area (Å²) in [6.45, 7) is 1.73. The monoisotopic (exact) mass is 197 g/mol. The number of furan rings is 1. The molecular formula is C8H11N3O3.